The Morgan fingerprint density at radius 2 is 1.96 bits per heavy atom. The van der Waals surface area contributed by atoms with Crippen LogP contribution in [0.1, 0.15) is 39.2 Å². The monoisotopic (exact) mass is 387 g/mol. The summed E-state index contributed by atoms with van der Waals surface area (Å²) in [4.78, 5) is 31.6. The van der Waals surface area contributed by atoms with E-state index in [1.807, 2.05) is 0 Å². The van der Waals surface area contributed by atoms with E-state index >= 15 is 0 Å². The number of amides is 1. The van der Waals surface area contributed by atoms with Crippen LogP contribution in [0.5, 0.6) is 11.6 Å². The van der Waals surface area contributed by atoms with Crippen LogP contribution in [0, 0.1) is 11.7 Å². The Bertz CT molecular complexity index is 891. The van der Waals surface area contributed by atoms with Gasteiger partial charge in [-0.15, -0.1) is 0 Å². The molecule has 1 amide bonds. The van der Waals surface area contributed by atoms with E-state index in [9.17, 15) is 14.0 Å². The number of carbonyl (C=O) groups excluding carboxylic acids is 2. The second-order valence-electron chi connectivity index (χ2n) is 7.62. The molecule has 8 heteroatoms. The van der Waals surface area contributed by atoms with Crippen molar-refractivity contribution >= 4 is 17.7 Å². The summed E-state index contributed by atoms with van der Waals surface area (Å²) in [5.74, 6) is -0.423. The Morgan fingerprint density at radius 1 is 1.21 bits per heavy atom. The number of halogens is 1. The molecule has 1 N–H and O–H groups in total. The van der Waals surface area contributed by atoms with Gasteiger partial charge in [0.25, 0.3) is 0 Å². The molecule has 2 aromatic rings. The number of nitrogens with zero attached hydrogens (tertiary/aromatic N) is 2. The van der Waals surface area contributed by atoms with Gasteiger partial charge in [-0.05, 0) is 45.2 Å². The maximum Gasteiger partial charge on any atom is 0.310 e. The first-order valence-electron chi connectivity index (χ1n) is 9.01. The van der Waals surface area contributed by atoms with Crippen molar-refractivity contribution in [1.82, 2.24) is 9.97 Å². The highest BCUT2D eigenvalue weighted by atomic mass is 19.1. The molecule has 148 valence electrons. The van der Waals surface area contributed by atoms with Gasteiger partial charge in [-0.2, -0.15) is 0 Å². The van der Waals surface area contributed by atoms with E-state index in [1.165, 1.54) is 30.6 Å². The molecule has 28 heavy (non-hydrogen) atoms. The summed E-state index contributed by atoms with van der Waals surface area (Å²) in [6.07, 6.45) is 2.85. The third-order valence-electron chi connectivity index (χ3n) is 3.84. The highest BCUT2D eigenvalue weighted by molar-refractivity contribution is 5.93. The maximum absolute atomic E-state index is 14.3. The molecule has 0 atom stereocenters. The number of rotatable bonds is 6. The zero-order chi connectivity index (χ0) is 20.3. The van der Waals surface area contributed by atoms with Gasteiger partial charge in [-0.25, -0.2) is 14.4 Å². The normalized spacial score (nSPS) is 13.7. The average Bonchev–Trinajstić information content (AvgIpc) is 3.41. The van der Waals surface area contributed by atoms with Crippen LogP contribution < -0.4 is 10.1 Å². The van der Waals surface area contributed by atoms with E-state index in [4.69, 9.17) is 9.47 Å². The minimum Gasteiger partial charge on any atom is -0.460 e. The zero-order valence-electron chi connectivity index (χ0n) is 16.0. The van der Waals surface area contributed by atoms with Crippen LogP contribution >= 0.6 is 0 Å². The van der Waals surface area contributed by atoms with Gasteiger partial charge in [0, 0.05) is 18.1 Å². The summed E-state index contributed by atoms with van der Waals surface area (Å²) in [5, 5.41) is 2.70. The fourth-order valence-electron chi connectivity index (χ4n) is 2.43. The van der Waals surface area contributed by atoms with Gasteiger partial charge < -0.3 is 14.8 Å². The summed E-state index contributed by atoms with van der Waals surface area (Å²) in [5.41, 5.74) is -0.419. The molecule has 1 aliphatic rings. The lowest BCUT2D eigenvalue weighted by molar-refractivity contribution is -0.154. The number of aromatic nitrogens is 2. The molecule has 0 aliphatic heterocycles. The average molecular weight is 387 g/mol. The van der Waals surface area contributed by atoms with Crippen molar-refractivity contribution in [2.45, 2.75) is 45.6 Å². The minimum absolute atomic E-state index is 0.0472. The van der Waals surface area contributed by atoms with Crippen molar-refractivity contribution in [3.05, 3.63) is 42.0 Å². The molecule has 0 bridgehead atoms. The van der Waals surface area contributed by atoms with Crippen molar-refractivity contribution in [3.8, 4) is 11.6 Å². The first kappa shape index (κ1) is 19.7. The van der Waals surface area contributed by atoms with Crippen LogP contribution in [0.15, 0.2) is 30.6 Å². The lowest BCUT2D eigenvalue weighted by Crippen LogP contribution is -2.25. The van der Waals surface area contributed by atoms with Gasteiger partial charge in [-0.3, -0.25) is 9.59 Å². The fourth-order valence-corrected chi connectivity index (χ4v) is 2.43. The van der Waals surface area contributed by atoms with Crippen LogP contribution in [0.25, 0.3) is 0 Å². The van der Waals surface area contributed by atoms with Gasteiger partial charge in [0.15, 0.2) is 0 Å². The van der Waals surface area contributed by atoms with E-state index in [0.717, 1.165) is 12.8 Å². The maximum atomic E-state index is 14.3. The number of anilines is 1. The first-order chi connectivity index (χ1) is 13.2. The standard InChI is InChI=1S/C20H22FN3O4/c1-20(2,3)28-18(25)8-13-6-7-14(9-15(13)21)27-17-10-16(22-11-23-17)24-19(26)12-4-5-12/h6-7,9-12H,4-5,8H2,1-3H3,(H,22,23,24,26). The molecule has 1 saturated carbocycles. The summed E-state index contributed by atoms with van der Waals surface area (Å²) in [7, 11) is 0. The van der Waals surface area contributed by atoms with Crippen LogP contribution in [0.4, 0.5) is 10.2 Å². The highest BCUT2D eigenvalue weighted by Gasteiger charge is 2.29. The van der Waals surface area contributed by atoms with Gasteiger partial charge in [0.05, 0.1) is 6.42 Å². The van der Waals surface area contributed by atoms with Crippen molar-refractivity contribution in [2.24, 2.45) is 5.92 Å². The Morgan fingerprint density at radius 3 is 2.61 bits per heavy atom. The topological polar surface area (TPSA) is 90.4 Å². The number of benzene rings is 1. The Kier molecular flexibility index (Phi) is 5.58. The number of ether oxygens (including phenoxy) is 2. The van der Waals surface area contributed by atoms with Crippen LogP contribution in [-0.4, -0.2) is 27.4 Å². The van der Waals surface area contributed by atoms with E-state index < -0.39 is 17.4 Å². The molecule has 0 spiro atoms. The number of carbonyl (C=O) groups is 2. The molecule has 1 aliphatic carbocycles. The third kappa shape index (κ3) is 5.73. The Labute approximate surface area is 162 Å². The number of nitrogens with one attached hydrogen (secondary N) is 1. The fraction of sp³-hybridized carbons (Fsp3) is 0.400. The van der Waals surface area contributed by atoms with Crippen molar-refractivity contribution in [3.63, 3.8) is 0 Å². The number of hydrogen-bond donors (Lipinski definition) is 1. The van der Waals surface area contributed by atoms with Crippen molar-refractivity contribution in [2.75, 3.05) is 5.32 Å². The first-order valence-corrected chi connectivity index (χ1v) is 9.01. The van der Waals surface area contributed by atoms with Crippen LogP contribution in [0.2, 0.25) is 0 Å². The minimum atomic E-state index is -0.629. The van der Waals surface area contributed by atoms with E-state index in [2.05, 4.69) is 15.3 Å². The molecule has 0 saturated heterocycles. The van der Waals surface area contributed by atoms with Gasteiger partial charge in [0.1, 0.15) is 29.3 Å². The quantitative estimate of drug-likeness (QED) is 0.761. The van der Waals surface area contributed by atoms with Crippen molar-refractivity contribution in [1.29, 1.82) is 0 Å². The predicted octanol–water partition coefficient (Wildman–Crippen LogP) is 3.64. The second kappa shape index (κ2) is 7.92. The number of esters is 1. The third-order valence-corrected chi connectivity index (χ3v) is 3.84. The molecule has 3 rings (SSSR count). The molecule has 0 unspecified atom stereocenters. The van der Waals surface area contributed by atoms with Gasteiger partial charge >= 0.3 is 5.97 Å². The van der Waals surface area contributed by atoms with Crippen molar-refractivity contribution < 1.29 is 23.5 Å². The Hall–Kier alpha value is -3.03. The lowest BCUT2D eigenvalue weighted by atomic mass is 10.1. The molecule has 1 fully saturated rings. The predicted molar refractivity (Wildman–Crippen MR) is 99.4 cm³/mol. The smallest absolute Gasteiger partial charge is 0.310 e. The molecule has 1 aromatic carbocycles. The summed E-state index contributed by atoms with van der Waals surface area (Å²) in [6.45, 7) is 5.25. The largest absolute Gasteiger partial charge is 0.460 e. The van der Waals surface area contributed by atoms with E-state index in [1.54, 1.807) is 20.8 Å². The molecule has 7 nitrogen and oxygen atoms in total. The molecular weight excluding hydrogens is 365 g/mol. The molecular formula is C20H22FN3O4. The molecule has 0 radical (unpaired) electrons. The second-order valence-corrected chi connectivity index (χ2v) is 7.62. The summed E-state index contributed by atoms with van der Waals surface area (Å²) in [6, 6.07) is 5.63. The summed E-state index contributed by atoms with van der Waals surface area (Å²) >= 11 is 0. The zero-order valence-corrected chi connectivity index (χ0v) is 16.0. The van der Waals surface area contributed by atoms with E-state index in [0.29, 0.717) is 5.82 Å². The number of hydrogen-bond acceptors (Lipinski definition) is 6. The Balaban J connectivity index is 1.64. The molecule has 1 aromatic heterocycles. The van der Waals surface area contributed by atoms with Gasteiger partial charge in [0.2, 0.25) is 11.8 Å². The molecule has 1 heterocycles. The van der Waals surface area contributed by atoms with E-state index in [-0.39, 0.29) is 35.4 Å². The van der Waals surface area contributed by atoms with Crippen LogP contribution in [0.3, 0.4) is 0 Å². The summed E-state index contributed by atoms with van der Waals surface area (Å²) < 4.78 is 25.1. The highest BCUT2D eigenvalue weighted by Crippen LogP contribution is 2.30. The van der Waals surface area contributed by atoms with Crippen LogP contribution in [-0.2, 0) is 20.7 Å². The van der Waals surface area contributed by atoms with Gasteiger partial charge in [-0.1, -0.05) is 6.07 Å². The lowest BCUT2D eigenvalue weighted by Gasteiger charge is -2.19. The SMILES string of the molecule is CC(C)(C)OC(=O)Cc1ccc(Oc2cc(NC(=O)C3CC3)ncn2)cc1F.